The molecule has 0 aliphatic heterocycles. The minimum atomic E-state index is 0. The minimum absolute atomic E-state index is 0. The van der Waals surface area contributed by atoms with E-state index in [4.69, 9.17) is 0 Å². The standard InChI is InChI=1S/C21H19.C5H5.2CH3.Fe/c1-3-16-15-20(17-11-7-5-8-12-17)21(19(16)4-2)18-13-9-6-10-14-18;1-2-4-5-3-1;;;/h5-7,9-11,13-15H,3-4H2,1-2H3;1-5H;2*1H3;/q4*-1;+4. The smallest absolute Gasteiger partial charge is 0.358 e. The van der Waals surface area contributed by atoms with Gasteiger partial charge in [-0.25, -0.2) is 12.1 Å². The molecule has 0 heterocycles. The maximum Gasteiger partial charge on any atom is 4.00 e. The molecule has 150 valence electrons. The van der Waals surface area contributed by atoms with E-state index in [0.717, 1.165) is 18.4 Å². The number of rotatable bonds is 3. The Hall–Kier alpha value is -2.52. The molecule has 2 aromatic carbocycles. The molecule has 29 heavy (non-hydrogen) atoms. The third kappa shape index (κ3) is 6.50. The summed E-state index contributed by atoms with van der Waals surface area (Å²) < 4.78 is 0. The molecule has 0 saturated carbocycles. The molecule has 0 radical (unpaired) electrons. The van der Waals surface area contributed by atoms with Gasteiger partial charge in [0, 0.05) is 0 Å². The summed E-state index contributed by atoms with van der Waals surface area (Å²) in [5, 5.41) is 0. The van der Waals surface area contributed by atoms with Gasteiger partial charge in [0.15, 0.2) is 0 Å². The molecule has 2 aromatic rings. The summed E-state index contributed by atoms with van der Waals surface area (Å²) in [5.41, 5.74) is 7.99. The van der Waals surface area contributed by atoms with E-state index >= 15 is 0 Å². The Morgan fingerprint density at radius 2 is 1.59 bits per heavy atom. The SMILES string of the molecule is CCC1=CC(=C2C#CC=C[CH-]2)C(c2ccccc2)=C1CC.[CH3-].[CH3-].[Fe+4].c1cc[cH-]c1. The Morgan fingerprint density at radius 1 is 0.897 bits per heavy atom. The molecule has 0 N–H and O–H groups in total. The minimum Gasteiger partial charge on any atom is -0.358 e. The Bertz CT molecular complexity index is 890. The number of allylic oxidation sites excluding steroid dienone is 8. The van der Waals surface area contributed by atoms with Crippen molar-refractivity contribution in [3.63, 3.8) is 0 Å². The summed E-state index contributed by atoms with van der Waals surface area (Å²) in [7, 11) is 0. The van der Waals surface area contributed by atoms with Gasteiger partial charge in [-0.05, 0) is 29.6 Å². The molecule has 2 aliphatic carbocycles. The first-order valence-corrected chi connectivity index (χ1v) is 9.27. The van der Waals surface area contributed by atoms with Crippen molar-refractivity contribution in [2.24, 2.45) is 0 Å². The topological polar surface area (TPSA) is 0 Å². The third-order valence-electron chi connectivity index (χ3n) is 4.57. The van der Waals surface area contributed by atoms with Gasteiger partial charge in [-0.15, -0.1) is 18.1 Å². The molecule has 4 rings (SSSR count). The maximum atomic E-state index is 3.26. The van der Waals surface area contributed by atoms with Gasteiger partial charge in [-0.2, -0.15) is 30.0 Å². The summed E-state index contributed by atoms with van der Waals surface area (Å²) in [6.45, 7) is 4.47. The van der Waals surface area contributed by atoms with Crippen LogP contribution < -0.4 is 0 Å². The molecule has 0 atom stereocenters. The van der Waals surface area contributed by atoms with Crippen LogP contribution in [0, 0.1) is 33.1 Å². The fourth-order valence-corrected chi connectivity index (χ4v) is 3.35. The van der Waals surface area contributed by atoms with Crippen molar-refractivity contribution in [2.45, 2.75) is 26.7 Å². The molecule has 0 nitrogen and oxygen atoms in total. The zero-order valence-corrected chi connectivity index (χ0v) is 19.0. The summed E-state index contributed by atoms with van der Waals surface area (Å²) >= 11 is 0. The van der Waals surface area contributed by atoms with Crippen molar-refractivity contribution in [1.29, 1.82) is 0 Å². The van der Waals surface area contributed by atoms with Crippen molar-refractivity contribution >= 4 is 5.57 Å². The molecule has 2 aliphatic rings. The first-order chi connectivity index (χ1) is 12.8. The normalized spacial score (nSPS) is 15.9. The first kappa shape index (κ1) is 26.5. The van der Waals surface area contributed by atoms with Crippen LogP contribution in [0.3, 0.4) is 0 Å². The largest absolute Gasteiger partial charge is 4.00 e. The average molecular weight is 422 g/mol. The van der Waals surface area contributed by atoms with Crippen molar-refractivity contribution in [1.82, 2.24) is 0 Å². The first-order valence-electron chi connectivity index (χ1n) is 9.27. The van der Waals surface area contributed by atoms with Crippen molar-refractivity contribution < 1.29 is 17.1 Å². The number of hydrogen-bond donors (Lipinski definition) is 0. The molecular weight excluding hydrogens is 392 g/mol. The molecule has 0 bridgehead atoms. The van der Waals surface area contributed by atoms with Gasteiger partial charge in [-0.1, -0.05) is 67.5 Å². The quantitative estimate of drug-likeness (QED) is 0.272. The van der Waals surface area contributed by atoms with Crippen LogP contribution in [0.2, 0.25) is 0 Å². The van der Waals surface area contributed by atoms with Crippen LogP contribution in [0.1, 0.15) is 32.3 Å². The summed E-state index contributed by atoms with van der Waals surface area (Å²) in [4.78, 5) is 0. The second-order valence-electron chi connectivity index (χ2n) is 6.18. The van der Waals surface area contributed by atoms with Crippen LogP contribution in [-0.2, 0) is 17.1 Å². The van der Waals surface area contributed by atoms with Gasteiger partial charge in [0.25, 0.3) is 0 Å². The zero-order valence-electron chi connectivity index (χ0n) is 17.9. The molecular formula is C28H30Fe. The van der Waals surface area contributed by atoms with Gasteiger partial charge in [0.2, 0.25) is 0 Å². The summed E-state index contributed by atoms with van der Waals surface area (Å²) in [6.07, 6.45) is 10.5. The number of benzene rings is 1. The van der Waals surface area contributed by atoms with Crippen LogP contribution in [0.4, 0.5) is 0 Å². The molecule has 0 amide bonds. The Kier molecular flexibility index (Phi) is 12.4. The van der Waals surface area contributed by atoms with Crippen LogP contribution in [0.15, 0.2) is 101 Å². The van der Waals surface area contributed by atoms with Crippen LogP contribution in [-0.4, -0.2) is 0 Å². The summed E-state index contributed by atoms with van der Waals surface area (Å²) in [6, 6.07) is 20.7. The van der Waals surface area contributed by atoms with Crippen LogP contribution >= 0.6 is 0 Å². The van der Waals surface area contributed by atoms with Gasteiger partial charge < -0.3 is 14.9 Å². The van der Waals surface area contributed by atoms with E-state index < -0.39 is 0 Å². The van der Waals surface area contributed by atoms with E-state index in [2.05, 4.69) is 68.5 Å². The second kappa shape index (κ2) is 13.6. The van der Waals surface area contributed by atoms with Gasteiger partial charge in [0.1, 0.15) is 0 Å². The predicted molar refractivity (Wildman–Crippen MR) is 125 cm³/mol. The Morgan fingerprint density at radius 3 is 2.07 bits per heavy atom. The van der Waals surface area contributed by atoms with Gasteiger partial charge >= 0.3 is 17.1 Å². The zero-order chi connectivity index (χ0) is 18.2. The molecule has 0 spiro atoms. The van der Waals surface area contributed by atoms with E-state index in [-0.39, 0.29) is 31.9 Å². The monoisotopic (exact) mass is 422 g/mol. The van der Waals surface area contributed by atoms with Crippen LogP contribution in [0.25, 0.3) is 5.57 Å². The Labute approximate surface area is 189 Å². The molecule has 1 heteroatoms. The molecule has 0 fully saturated rings. The van der Waals surface area contributed by atoms with Crippen LogP contribution in [0.5, 0.6) is 0 Å². The predicted octanol–water partition coefficient (Wildman–Crippen LogP) is 7.58. The fraction of sp³-hybridized carbons (Fsp3) is 0.143. The summed E-state index contributed by atoms with van der Waals surface area (Å²) in [5.74, 6) is 6.34. The van der Waals surface area contributed by atoms with E-state index in [1.54, 1.807) is 0 Å². The number of hydrogen-bond acceptors (Lipinski definition) is 0. The van der Waals surface area contributed by atoms with Crippen molar-refractivity contribution in [3.05, 3.63) is 128 Å². The maximum absolute atomic E-state index is 3.26. The van der Waals surface area contributed by atoms with E-state index in [9.17, 15) is 0 Å². The van der Waals surface area contributed by atoms with Crippen molar-refractivity contribution in [3.8, 4) is 11.8 Å². The molecule has 0 aromatic heterocycles. The fourth-order valence-electron chi connectivity index (χ4n) is 3.35. The Balaban J connectivity index is 0.000000863. The van der Waals surface area contributed by atoms with E-state index in [1.165, 1.54) is 27.9 Å². The molecule has 0 saturated heterocycles. The van der Waals surface area contributed by atoms with E-state index in [1.807, 2.05) is 42.5 Å². The molecule has 0 unspecified atom stereocenters. The van der Waals surface area contributed by atoms with E-state index in [0.29, 0.717) is 0 Å². The average Bonchev–Trinajstić information content (AvgIpc) is 3.40. The van der Waals surface area contributed by atoms with Crippen molar-refractivity contribution in [2.75, 3.05) is 0 Å². The third-order valence-corrected chi connectivity index (χ3v) is 4.57. The van der Waals surface area contributed by atoms with Gasteiger partial charge in [0.05, 0.1) is 0 Å². The van der Waals surface area contributed by atoms with Gasteiger partial charge in [-0.3, -0.25) is 0 Å². The second-order valence-corrected chi connectivity index (χ2v) is 6.18.